The number of nitrogen functional groups attached to an aromatic ring is 1. The van der Waals surface area contributed by atoms with Crippen LogP contribution >= 0.6 is 0 Å². The number of nitrogens with zero attached hydrogens (tertiary/aromatic N) is 5. The predicted octanol–water partition coefficient (Wildman–Crippen LogP) is 3.12. The van der Waals surface area contributed by atoms with Gasteiger partial charge in [-0.2, -0.15) is 15.3 Å². The summed E-state index contributed by atoms with van der Waals surface area (Å²) < 4.78 is 1.75. The summed E-state index contributed by atoms with van der Waals surface area (Å²) in [5, 5.41) is 19.6. The molecule has 0 atom stereocenters. The fourth-order valence-corrected chi connectivity index (χ4v) is 2.08. The molecule has 0 spiro atoms. The largest absolute Gasteiger partial charge is 0.380 e. The second kappa shape index (κ2) is 5.20. The van der Waals surface area contributed by atoms with Gasteiger partial charge in [-0.05, 0) is 25.1 Å². The highest BCUT2D eigenvalue weighted by atomic mass is 15.3. The maximum atomic E-state index is 5.87. The van der Waals surface area contributed by atoms with Crippen molar-refractivity contribution >= 4 is 17.2 Å². The van der Waals surface area contributed by atoms with E-state index < -0.39 is 0 Å². The fourth-order valence-electron chi connectivity index (χ4n) is 2.08. The zero-order valence-electron chi connectivity index (χ0n) is 11.8. The third-order valence-electron chi connectivity index (χ3n) is 3.05. The van der Waals surface area contributed by atoms with E-state index in [0.717, 1.165) is 17.1 Å². The number of azo groups is 1. The van der Waals surface area contributed by atoms with Gasteiger partial charge in [0.25, 0.3) is 0 Å². The number of H-pyrrole nitrogens is 1. The van der Waals surface area contributed by atoms with E-state index in [1.165, 1.54) is 0 Å². The molecule has 2 aromatic heterocycles. The first-order valence-corrected chi connectivity index (χ1v) is 6.47. The average molecular weight is 281 g/mol. The third-order valence-corrected chi connectivity index (χ3v) is 3.05. The second-order valence-electron chi connectivity index (χ2n) is 4.66. The van der Waals surface area contributed by atoms with Gasteiger partial charge in [0.15, 0.2) is 11.5 Å². The van der Waals surface area contributed by atoms with Crippen LogP contribution in [0.3, 0.4) is 0 Å². The number of nitrogens with one attached hydrogen (secondary N) is 1. The van der Waals surface area contributed by atoms with Gasteiger partial charge in [-0.3, -0.25) is 9.78 Å². The summed E-state index contributed by atoms with van der Waals surface area (Å²) in [6, 6.07) is 11.4. The molecule has 0 fully saturated rings. The number of benzene rings is 1. The lowest BCUT2D eigenvalue weighted by molar-refractivity contribution is 0.761. The summed E-state index contributed by atoms with van der Waals surface area (Å²) in [7, 11) is 1.86. The molecular formula is C14H15N7. The Hall–Kier alpha value is -2.96. The number of aromatic nitrogens is 4. The smallest absolute Gasteiger partial charge is 0.173 e. The molecule has 3 aromatic rings. The maximum absolute atomic E-state index is 5.87. The highest BCUT2D eigenvalue weighted by Gasteiger charge is 2.16. The van der Waals surface area contributed by atoms with E-state index in [1.54, 1.807) is 4.68 Å². The van der Waals surface area contributed by atoms with Gasteiger partial charge in [0.05, 0.1) is 17.1 Å². The number of rotatable bonds is 3. The quantitative estimate of drug-likeness (QED) is 0.722. The first kappa shape index (κ1) is 13.0. The molecule has 0 bridgehead atoms. The van der Waals surface area contributed by atoms with E-state index in [-0.39, 0.29) is 0 Å². The summed E-state index contributed by atoms with van der Waals surface area (Å²) in [6.45, 7) is 1.92. The van der Waals surface area contributed by atoms with Gasteiger partial charge in [-0.15, -0.1) is 5.11 Å². The number of nitrogens with two attached hydrogens (primary N) is 1. The minimum Gasteiger partial charge on any atom is -0.380 e. The second-order valence-corrected chi connectivity index (χ2v) is 4.66. The van der Waals surface area contributed by atoms with Gasteiger partial charge in [-0.25, -0.2) is 0 Å². The Kier molecular flexibility index (Phi) is 3.23. The number of aryl methyl sites for hydroxylation is 2. The Labute approximate surface area is 121 Å². The number of aromatic amines is 1. The highest BCUT2D eigenvalue weighted by Crippen LogP contribution is 2.34. The van der Waals surface area contributed by atoms with Crippen LogP contribution in [0.4, 0.5) is 17.2 Å². The monoisotopic (exact) mass is 281 g/mol. The molecule has 21 heavy (non-hydrogen) atoms. The summed E-state index contributed by atoms with van der Waals surface area (Å²) in [5.41, 5.74) is 9.62. The molecule has 0 radical (unpaired) electrons. The van der Waals surface area contributed by atoms with Crippen LogP contribution in [0.25, 0.3) is 11.4 Å². The third kappa shape index (κ3) is 2.53. The average Bonchev–Trinajstić information content (AvgIpc) is 3.00. The molecule has 2 heterocycles. The van der Waals surface area contributed by atoms with Crippen LogP contribution in [-0.4, -0.2) is 20.0 Å². The Morgan fingerprint density at radius 1 is 1.19 bits per heavy atom. The van der Waals surface area contributed by atoms with Crippen molar-refractivity contribution < 1.29 is 0 Å². The van der Waals surface area contributed by atoms with Crippen molar-refractivity contribution in [1.29, 1.82) is 0 Å². The van der Waals surface area contributed by atoms with E-state index in [4.69, 9.17) is 5.73 Å². The molecule has 3 N–H and O–H groups in total. The number of hydrogen-bond acceptors (Lipinski definition) is 5. The molecule has 7 nitrogen and oxygen atoms in total. The summed E-state index contributed by atoms with van der Waals surface area (Å²) in [5.74, 6) is 0.309. The molecule has 0 amide bonds. The Balaban J connectivity index is 2.02. The molecule has 0 unspecified atom stereocenters. The van der Waals surface area contributed by atoms with Crippen LogP contribution < -0.4 is 5.73 Å². The zero-order chi connectivity index (χ0) is 14.8. The topological polar surface area (TPSA) is 97.2 Å². The first-order valence-electron chi connectivity index (χ1n) is 6.47. The Bertz CT molecular complexity index is 783. The van der Waals surface area contributed by atoms with Gasteiger partial charge in [0.1, 0.15) is 5.69 Å². The summed E-state index contributed by atoms with van der Waals surface area (Å²) in [6.07, 6.45) is 0. The zero-order valence-corrected chi connectivity index (χ0v) is 11.8. The van der Waals surface area contributed by atoms with Crippen LogP contribution in [0, 0.1) is 6.92 Å². The van der Waals surface area contributed by atoms with E-state index in [1.807, 2.05) is 50.4 Å². The van der Waals surface area contributed by atoms with E-state index >= 15 is 0 Å². The molecule has 0 aliphatic rings. The van der Waals surface area contributed by atoms with Gasteiger partial charge in [0.2, 0.25) is 0 Å². The molecular weight excluding hydrogens is 266 g/mol. The minimum atomic E-state index is 0.309. The van der Waals surface area contributed by atoms with Gasteiger partial charge in [-0.1, -0.05) is 18.2 Å². The fraction of sp³-hybridized carbons (Fsp3) is 0.143. The molecule has 0 aliphatic carbocycles. The standard InChI is InChI=1S/C14H15N7/c1-9-8-11(21(2)20-9)12-13(14(15)19-17-12)18-16-10-6-4-3-5-7-10/h3-8H,1-2H3,(H3,15,17,19). The lowest BCUT2D eigenvalue weighted by atomic mass is 10.2. The normalized spacial score (nSPS) is 11.3. The van der Waals surface area contributed by atoms with E-state index in [9.17, 15) is 0 Å². The van der Waals surface area contributed by atoms with Crippen molar-refractivity contribution in [3.05, 3.63) is 42.1 Å². The van der Waals surface area contributed by atoms with Crippen molar-refractivity contribution in [2.75, 3.05) is 5.73 Å². The molecule has 1 aromatic carbocycles. The lowest BCUT2D eigenvalue weighted by Gasteiger charge is -1.99. The summed E-state index contributed by atoms with van der Waals surface area (Å²) >= 11 is 0. The van der Waals surface area contributed by atoms with E-state index in [2.05, 4.69) is 25.5 Å². The lowest BCUT2D eigenvalue weighted by Crippen LogP contribution is -1.94. The molecule has 3 rings (SSSR count). The maximum Gasteiger partial charge on any atom is 0.173 e. The van der Waals surface area contributed by atoms with Crippen LogP contribution in [0.5, 0.6) is 0 Å². The molecule has 0 saturated heterocycles. The van der Waals surface area contributed by atoms with Gasteiger partial charge >= 0.3 is 0 Å². The van der Waals surface area contributed by atoms with Crippen LogP contribution in [0.15, 0.2) is 46.6 Å². The first-order chi connectivity index (χ1) is 10.1. The van der Waals surface area contributed by atoms with Crippen molar-refractivity contribution in [2.45, 2.75) is 6.92 Å². The molecule has 0 saturated carbocycles. The van der Waals surface area contributed by atoms with Crippen molar-refractivity contribution in [1.82, 2.24) is 20.0 Å². The van der Waals surface area contributed by atoms with Crippen molar-refractivity contribution in [2.24, 2.45) is 17.3 Å². The van der Waals surface area contributed by atoms with E-state index in [0.29, 0.717) is 17.2 Å². The Morgan fingerprint density at radius 3 is 2.62 bits per heavy atom. The number of anilines is 1. The van der Waals surface area contributed by atoms with Gasteiger partial charge < -0.3 is 5.73 Å². The molecule has 7 heteroatoms. The highest BCUT2D eigenvalue weighted by molar-refractivity contribution is 5.77. The minimum absolute atomic E-state index is 0.309. The van der Waals surface area contributed by atoms with Crippen molar-refractivity contribution in [3.63, 3.8) is 0 Å². The van der Waals surface area contributed by atoms with Crippen molar-refractivity contribution in [3.8, 4) is 11.4 Å². The van der Waals surface area contributed by atoms with Crippen LogP contribution in [-0.2, 0) is 7.05 Å². The molecule has 0 aliphatic heterocycles. The van der Waals surface area contributed by atoms with Crippen LogP contribution in [0.1, 0.15) is 5.69 Å². The SMILES string of the molecule is Cc1cc(-c2[nH]nc(N)c2N=Nc2ccccc2)n(C)n1. The predicted molar refractivity (Wildman–Crippen MR) is 80.6 cm³/mol. The summed E-state index contributed by atoms with van der Waals surface area (Å²) in [4.78, 5) is 0. The molecule has 106 valence electrons. The Morgan fingerprint density at radius 2 is 1.95 bits per heavy atom. The van der Waals surface area contributed by atoms with Crippen LogP contribution in [0.2, 0.25) is 0 Å². The van der Waals surface area contributed by atoms with Gasteiger partial charge in [0, 0.05) is 7.05 Å². The number of hydrogen-bond donors (Lipinski definition) is 2.